The number of H-pyrrole nitrogens is 1. The molecule has 2 aromatic heterocycles. The summed E-state index contributed by atoms with van der Waals surface area (Å²) in [7, 11) is 0. The number of ether oxygens (including phenoxy) is 1. The van der Waals surface area contributed by atoms with E-state index in [-0.39, 0.29) is 17.9 Å². The highest BCUT2D eigenvalue weighted by atomic mass is 16.5. The molecular formula is C29H34N4O5. The van der Waals surface area contributed by atoms with Crippen molar-refractivity contribution in [2.24, 2.45) is 5.92 Å². The van der Waals surface area contributed by atoms with E-state index >= 15 is 0 Å². The molecule has 2 atom stereocenters. The van der Waals surface area contributed by atoms with Gasteiger partial charge in [0.2, 0.25) is 0 Å². The number of aromatic nitrogens is 2. The highest BCUT2D eigenvalue weighted by molar-refractivity contribution is 5.85. The summed E-state index contributed by atoms with van der Waals surface area (Å²) >= 11 is 0. The van der Waals surface area contributed by atoms with Crippen LogP contribution in [0.5, 0.6) is 0 Å². The summed E-state index contributed by atoms with van der Waals surface area (Å²) in [5, 5.41) is 21.9. The molecule has 0 saturated carbocycles. The molecule has 0 bridgehead atoms. The topological polar surface area (TPSA) is 119 Å². The molecule has 3 aliphatic rings. The number of carboxylic acid groups (broad SMARTS) is 1. The van der Waals surface area contributed by atoms with Crippen LogP contribution < -0.4 is 0 Å². The number of fused-ring (bicyclic) bond motifs is 2. The van der Waals surface area contributed by atoms with Crippen LogP contribution in [0.3, 0.4) is 0 Å². The summed E-state index contributed by atoms with van der Waals surface area (Å²) < 4.78 is 5.40. The van der Waals surface area contributed by atoms with Crippen LogP contribution in [0.25, 0.3) is 22.2 Å². The van der Waals surface area contributed by atoms with Gasteiger partial charge in [-0.05, 0) is 84.9 Å². The van der Waals surface area contributed by atoms with Crippen LogP contribution >= 0.6 is 0 Å². The molecular weight excluding hydrogens is 484 g/mol. The highest BCUT2D eigenvalue weighted by Gasteiger charge is 2.36. The van der Waals surface area contributed by atoms with Gasteiger partial charge in [0, 0.05) is 56.2 Å². The second-order valence-corrected chi connectivity index (χ2v) is 10.8. The predicted octanol–water partition coefficient (Wildman–Crippen LogP) is 4.03. The maximum Gasteiger partial charge on any atom is 0.407 e. The molecule has 38 heavy (non-hydrogen) atoms. The number of hydrogen-bond donors (Lipinski definition) is 3. The molecule has 0 radical (unpaired) electrons. The van der Waals surface area contributed by atoms with Gasteiger partial charge < -0.3 is 29.7 Å². The van der Waals surface area contributed by atoms with Crippen molar-refractivity contribution in [2.75, 3.05) is 26.3 Å². The van der Waals surface area contributed by atoms with Gasteiger partial charge in [-0.1, -0.05) is 6.07 Å². The van der Waals surface area contributed by atoms with Gasteiger partial charge in [0.15, 0.2) is 0 Å². The summed E-state index contributed by atoms with van der Waals surface area (Å²) in [6.07, 6.45) is 5.41. The van der Waals surface area contributed by atoms with E-state index in [1.165, 1.54) is 4.90 Å². The summed E-state index contributed by atoms with van der Waals surface area (Å²) in [5.41, 5.74) is 7.06. The lowest BCUT2D eigenvalue weighted by Crippen LogP contribution is -2.46. The maximum atomic E-state index is 13.4. The fourth-order valence-corrected chi connectivity index (χ4v) is 6.38. The van der Waals surface area contributed by atoms with E-state index < -0.39 is 12.2 Å². The third-order valence-electron chi connectivity index (χ3n) is 8.58. The standard InChI is InChI=1S/C29H34N4O5/c1-17-14-30-27-22(17)13-21(15-31-27)20-11-19-4-8-32(28(35)26(34)18-5-9-38-10-6-18)16-24(19)23(12-20)25-3-2-7-33(25)29(36)37/h11-15,18,25-26,34H,2-10,16H2,1H3,(H,30,31)(H,36,37)/t25-,26?/m0/s1. The summed E-state index contributed by atoms with van der Waals surface area (Å²) in [6.45, 7) is 4.59. The number of aromatic amines is 1. The van der Waals surface area contributed by atoms with E-state index in [2.05, 4.69) is 28.2 Å². The summed E-state index contributed by atoms with van der Waals surface area (Å²) in [4.78, 5) is 36.5. The molecule has 9 nitrogen and oxygen atoms in total. The highest BCUT2D eigenvalue weighted by Crippen LogP contribution is 2.40. The number of rotatable bonds is 4. The number of hydrogen-bond acceptors (Lipinski definition) is 5. The lowest BCUT2D eigenvalue weighted by Gasteiger charge is -2.36. The fraction of sp³-hybridized carbons (Fsp3) is 0.483. The molecule has 0 spiro atoms. The lowest BCUT2D eigenvalue weighted by atomic mass is 9.86. The summed E-state index contributed by atoms with van der Waals surface area (Å²) in [6, 6.07) is 6.13. The Labute approximate surface area is 221 Å². The first-order valence-corrected chi connectivity index (χ1v) is 13.5. The quantitative estimate of drug-likeness (QED) is 0.480. The molecule has 6 rings (SSSR count). The van der Waals surface area contributed by atoms with Crippen molar-refractivity contribution in [1.29, 1.82) is 0 Å². The Balaban J connectivity index is 1.38. The van der Waals surface area contributed by atoms with Crippen molar-refractivity contribution >= 4 is 23.0 Å². The number of amides is 2. The Morgan fingerprint density at radius 3 is 2.74 bits per heavy atom. The maximum absolute atomic E-state index is 13.4. The number of nitrogens with zero attached hydrogens (tertiary/aromatic N) is 3. The predicted molar refractivity (Wildman–Crippen MR) is 142 cm³/mol. The van der Waals surface area contributed by atoms with Crippen molar-refractivity contribution in [2.45, 2.75) is 57.7 Å². The Morgan fingerprint density at radius 1 is 1.13 bits per heavy atom. The minimum absolute atomic E-state index is 0.0869. The second kappa shape index (κ2) is 10.0. The monoisotopic (exact) mass is 518 g/mol. The zero-order valence-corrected chi connectivity index (χ0v) is 21.7. The molecule has 2 amide bonds. The third-order valence-corrected chi connectivity index (χ3v) is 8.58. The van der Waals surface area contributed by atoms with Crippen molar-refractivity contribution in [1.82, 2.24) is 19.8 Å². The van der Waals surface area contributed by atoms with Gasteiger partial charge in [-0.3, -0.25) is 4.79 Å². The molecule has 2 fully saturated rings. The van der Waals surface area contributed by atoms with Crippen LogP contribution in [-0.2, 0) is 22.5 Å². The number of aliphatic hydroxyl groups excluding tert-OH is 1. The first kappa shape index (κ1) is 24.9. The minimum atomic E-state index is -1.03. The van der Waals surface area contributed by atoms with Crippen LogP contribution in [0.2, 0.25) is 0 Å². The summed E-state index contributed by atoms with van der Waals surface area (Å²) in [5.74, 6) is -0.326. The van der Waals surface area contributed by atoms with Gasteiger partial charge in [-0.2, -0.15) is 0 Å². The van der Waals surface area contributed by atoms with Crippen molar-refractivity contribution in [3.05, 3.63) is 52.8 Å². The van der Waals surface area contributed by atoms with Gasteiger partial charge in [-0.25, -0.2) is 9.78 Å². The second-order valence-electron chi connectivity index (χ2n) is 10.8. The number of pyridine rings is 1. The zero-order valence-electron chi connectivity index (χ0n) is 21.7. The largest absolute Gasteiger partial charge is 0.465 e. The van der Waals surface area contributed by atoms with Gasteiger partial charge in [0.1, 0.15) is 11.8 Å². The molecule has 1 aromatic carbocycles. The van der Waals surface area contributed by atoms with E-state index in [1.54, 1.807) is 4.90 Å². The van der Waals surface area contributed by atoms with Crippen LogP contribution in [0, 0.1) is 12.8 Å². The van der Waals surface area contributed by atoms with E-state index in [0.717, 1.165) is 57.3 Å². The van der Waals surface area contributed by atoms with Gasteiger partial charge in [0.05, 0.1) is 6.04 Å². The molecule has 1 unspecified atom stereocenters. The molecule has 3 aliphatic heterocycles. The Hall–Kier alpha value is -3.43. The number of carbonyl (C=O) groups is 2. The Morgan fingerprint density at radius 2 is 1.95 bits per heavy atom. The SMILES string of the molecule is Cc1c[nH]c2ncc(-c3cc4c(c([C@@H]5CCCN5C(=O)O)c3)CN(C(=O)C(O)C3CCOCC3)CC4)cc12. The molecule has 0 aliphatic carbocycles. The van der Waals surface area contributed by atoms with Crippen molar-refractivity contribution < 1.29 is 24.5 Å². The van der Waals surface area contributed by atoms with Crippen molar-refractivity contribution in [3.63, 3.8) is 0 Å². The first-order valence-electron chi connectivity index (χ1n) is 13.5. The average molecular weight is 519 g/mol. The molecule has 9 heteroatoms. The molecule has 5 heterocycles. The van der Waals surface area contributed by atoms with E-state index in [0.29, 0.717) is 52.1 Å². The van der Waals surface area contributed by atoms with E-state index in [9.17, 15) is 19.8 Å². The van der Waals surface area contributed by atoms with E-state index in [4.69, 9.17) is 4.74 Å². The first-order chi connectivity index (χ1) is 18.4. The van der Waals surface area contributed by atoms with E-state index in [1.807, 2.05) is 19.3 Å². The molecule has 200 valence electrons. The van der Waals surface area contributed by atoms with Crippen molar-refractivity contribution in [3.8, 4) is 11.1 Å². The number of benzene rings is 1. The van der Waals surface area contributed by atoms with Crippen LogP contribution in [0.15, 0.2) is 30.6 Å². The number of aliphatic hydroxyl groups is 1. The van der Waals surface area contributed by atoms with Gasteiger partial charge in [-0.15, -0.1) is 0 Å². The number of nitrogens with one attached hydrogen (secondary N) is 1. The fourth-order valence-electron chi connectivity index (χ4n) is 6.38. The number of carbonyl (C=O) groups excluding carboxylic acids is 1. The molecule has 3 N–H and O–H groups in total. The lowest BCUT2D eigenvalue weighted by molar-refractivity contribution is -0.146. The van der Waals surface area contributed by atoms with Gasteiger partial charge >= 0.3 is 6.09 Å². The Bertz CT molecular complexity index is 1380. The normalized spacial score (nSPS) is 21.1. The zero-order chi connectivity index (χ0) is 26.4. The third kappa shape index (κ3) is 4.43. The number of likely N-dealkylation sites (tertiary alicyclic amines) is 1. The van der Waals surface area contributed by atoms with Gasteiger partial charge in [0.25, 0.3) is 5.91 Å². The minimum Gasteiger partial charge on any atom is -0.465 e. The number of aryl methyl sites for hydroxylation is 1. The smallest absolute Gasteiger partial charge is 0.407 e. The molecule has 3 aromatic rings. The van der Waals surface area contributed by atoms with Crippen LogP contribution in [0.4, 0.5) is 4.79 Å². The molecule has 2 saturated heterocycles. The average Bonchev–Trinajstić information content (AvgIpc) is 3.59. The Kier molecular flexibility index (Phi) is 6.57. The van der Waals surface area contributed by atoms with Crippen LogP contribution in [-0.4, -0.2) is 74.4 Å². The van der Waals surface area contributed by atoms with Crippen LogP contribution in [0.1, 0.15) is 54.0 Å².